The molecule has 0 N–H and O–H groups in total. The highest BCUT2D eigenvalue weighted by Crippen LogP contribution is 2.33. The molecule has 0 bridgehead atoms. The molecule has 1 aromatic rings. The summed E-state index contributed by atoms with van der Waals surface area (Å²) in [6, 6.07) is 3.96. The highest BCUT2D eigenvalue weighted by Gasteiger charge is 2.44. The van der Waals surface area contributed by atoms with Gasteiger partial charge in [0.05, 0.1) is 32.6 Å². The van der Waals surface area contributed by atoms with Gasteiger partial charge in [-0.3, -0.25) is 4.79 Å². The Kier molecular flexibility index (Phi) is 5.27. The summed E-state index contributed by atoms with van der Waals surface area (Å²) in [5.41, 5.74) is -0.388. The van der Waals surface area contributed by atoms with Crippen LogP contribution in [0.15, 0.2) is 22.8 Å². The number of amides is 1. The zero-order valence-corrected chi connectivity index (χ0v) is 14.9. The minimum atomic E-state index is -0.388. The highest BCUT2D eigenvalue weighted by molar-refractivity contribution is 5.91. The summed E-state index contributed by atoms with van der Waals surface area (Å²) in [6.45, 7) is 8.35. The molecular weight excluding hydrogens is 308 g/mol. The topological polar surface area (TPSA) is 55.2 Å². The van der Waals surface area contributed by atoms with E-state index in [1.807, 2.05) is 0 Å². The minimum absolute atomic E-state index is 0.0868. The van der Waals surface area contributed by atoms with E-state index in [0.717, 1.165) is 19.6 Å². The molecule has 0 radical (unpaired) electrons. The van der Waals surface area contributed by atoms with Gasteiger partial charge in [-0.05, 0) is 45.4 Å². The van der Waals surface area contributed by atoms with E-state index in [1.54, 1.807) is 17.0 Å². The van der Waals surface area contributed by atoms with Crippen molar-refractivity contribution in [1.29, 1.82) is 0 Å². The Bertz CT molecular complexity index is 545. The third kappa shape index (κ3) is 3.82. The lowest BCUT2D eigenvalue weighted by atomic mass is 9.93. The first-order valence-corrected chi connectivity index (χ1v) is 8.74. The molecule has 2 fully saturated rings. The van der Waals surface area contributed by atoms with Crippen molar-refractivity contribution in [2.45, 2.75) is 31.9 Å². The van der Waals surface area contributed by atoms with Crippen LogP contribution in [0.4, 0.5) is 0 Å². The number of ether oxygens (including phenoxy) is 2. The van der Waals surface area contributed by atoms with Gasteiger partial charge in [-0.25, -0.2) is 0 Å². The summed E-state index contributed by atoms with van der Waals surface area (Å²) in [6.07, 6.45) is 2.45. The molecule has 6 nitrogen and oxygen atoms in total. The molecule has 134 valence electrons. The van der Waals surface area contributed by atoms with Crippen molar-refractivity contribution in [3.63, 3.8) is 0 Å². The van der Waals surface area contributed by atoms with Crippen LogP contribution in [-0.4, -0.2) is 73.9 Å². The first kappa shape index (κ1) is 17.5. The van der Waals surface area contributed by atoms with E-state index < -0.39 is 0 Å². The summed E-state index contributed by atoms with van der Waals surface area (Å²) < 4.78 is 17.2. The Morgan fingerprint density at radius 3 is 3.04 bits per heavy atom. The second-order valence-corrected chi connectivity index (χ2v) is 7.35. The number of furan rings is 1. The van der Waals surface area contributed by atoms with E-state index in [-0.39, 0.29) is 11.5 Å². The van der Waals surface area contributed by atoms with Gasteiger partial charge in [0.1, 0.15) is 5.60 Å². The van der Waals surface area contributed by atoms with Crippen molar-refractivity contribution in [3.05, 3.63) is 24.2 Å². The number of rotatable bonds is 4. The Balaban J connectivity index is 1.65. The number of hydrogen-bond acceptors (Lipinski definition) is 5. The molecule has 2 atom stereocenters. The molecule has 3 heterocycles. The smallest absolute Gasteiger partial charge is 0.289 e. The fourth-order valence-corrected chi connectivity index (χ4v) is 3.52. The van der Waals surface area contributed by atoms with Crippen molar-refractivity contribution in [1.82, 2.24) is 9.80 Å². The monoisotopic (exact) mass is 336 g/mol. The Hall–Kier alpha value is -1.37. The summed E-state index contributed by atoms with van der Waals surface area (Å²) in [7, 11) is 2.14. The molecule has 2 aliphatic rings. The molecule has 3 rings (SSSR count). The number of nitrogens with zero attached hydrogens (tertiary/aromatic N) is 2. The van der Waals surface area contributed by atoms with Crippen LogP contribution in [0, 0.1) is 5.92 Å². The van der Waals surface area contributed by atoms with E-state index in [4.69, 9.17) is 13.9 Å². The van der Waals surface area contributed by atoms with Crippen LogP contribution in [0.2, 0.25) is 0 Å². The normalized spacial score (nSPS) is 28.0. The van der Waals surface area contributed by atoms with Gasteiger partial charge in [0.2, 0.25) is 0 Å². The predicted octanol–water partition coefficient (Wildman–Crippen LogP) is 1.87. The van der Waals surface area contributed by atoms with Crippen LogP contribution in [0.5, 0.6) is 0 Å². The van der Waals surface area contributed by atoms with Crippen LogP contribution in [0.1, 0.15) is 30.8 Å². The second-order valence-electron chi connectivity index (χ2n) is 7.35. The molecule has 6 heteroatoms. The molecule has 1 spiro atoms. The summed E-state index contributed by atoms with van der Waals surface area (Å²) in [5, 5.41) is 0. The van der Waals surface area contributed by atoms with Crippen LogP contribution >= 0.6 is 0 Å². The third-order valence-electron chi connectivity index (χ3n) is 5.08. The molecule has 0 aromatic carbocycles. The van der Waals surface area contributed by atoms with Crippen molar-refractivity contribution in [2.75, 3.05) is 46.5 Å². The molecule has 0 unspecified atom stereocenters. The lowest BCUT2D eigenvalue weighted by Gasteiger charge is -2.31. The molecule has 0 aliphatic carbocycles. The van der Waals surface area contributed by atoms with Gasteiger partial charge >= 0.3 is 0 Å². The average molecular weight is 336 g/mol. The van der Waals surface area contributed by atoms with E-state index >= 15 is 0 Å². The lowest BCUT2D eigenvalue weighted by molar-refractivity contribution is -0.0540. The Morgan fingerprint density at radius 2 is 2.33 bits per heavy atom. The molecule has 24 heavy (non-hydrogen) atoms. The quantitative estimate of drug-likeness (QED) is 0.840. The van der Waals surface area contributed by atoms with Gasteiger partial charge < -0.3 is 23.7 Å². The maximum absolute atomic E-state index is 12.6. The van der Waals surface area contributed by atoms with Crippen molar-refractivity contribution in [3.8, 4) is 0 Å². The first-order valence-electron chi connectivity index (χ1n) is 8.74. The predicted molar refractivity (Wildman–Crippen MR) is 90.0 cm³/mol. The van der Waals surface area contributed by atoms with Crippen LogP contribution in [-0.2, 0) is 9.47 Å². The fraction of sp³-hybridized carbons (Fsp3) is 0.722. The molecule has 0 saturated carbocycles. The van der Waals surface area contributed by atoms with E-state index in [9.17, 15) is 4.79 Å². The largest absolute Gasteiger partial charge is 0.459 e. The van der Waals surface area contributed by atoms with Crippen molar-refractivity contribution < 1.29 is 18.7 Å². The SMILES string of the molecule is CC(C)N(C)C[C@@H]1CO[C@]2(COCCN(C(=O)c3ccco3)C2)C1. The molecule has 2 aliphatic heterocycles. The standard InChI is InChI=1S/C18H28N2O4/c1-14(2)19(3)10-15-9-18(24-11-15)12-20(6-8-22-13-18)17(21)16-5-4-7-23-16/h4-5,7,14-15H,6,8-13H2,1-3H3/t15-,18-/m1/s1. The second kappa shape index (κ2) is 7.25. The van der Waals surface area contributed by atoms with Gasteiger partial charge in [-0.15, -0.1) is 0 Å². The zero-order chi connectivity index (χ0) is 17.2. The fourth-order valence-electron chi connectivity index (χ4n) is 3.52. The first-order chi connectivity index (χ1) is 11.5. The van der Waals surface area contributed by atoms with Crippen LogP contribution in [0.3, 0.4) is 0 Å². The zero-order valence-electron chi connectivity index (χ0n) is 14.9. The maximum atomic E-state index is 12.6. The van der Waals surface area contributed by atoms with Crippen molar-refractivity contribution in [2.24, 2.45) is 5.92 Å². The summed E-state index contributed by atoms with van der Waals surface area (Å²) in [5.74, 6) is 0.761. The summed E-state index contributed by atoms with van der Waals surface area (Å²) in [4.78, 5) is 16.8. The Labute approximate surface area is 143 Å². The highest BCUT2D eigenvalue weighted by atomic mass is 16.5. The summed E-state index contributed by atoms with van der Waals surface area (Å²) >= 11 is 0. The molecule has 1 aromatic heterocycles. The molecular formula is C18H28N2O4. The minimum Gasteiger partial charge on any atom is -0.459 e. The molecule has 1 amide bonds. The number of carbonyl (C=O) groups excluding carboxylic acids is 1. The third-order valence-corrected chi connectivity index (χ3v) is 5.08. The van der Waals surface area contributed by atoms with E-state index in [1.165, 1.54) is 6.26 Å². The van der Waals surface area contributed by atoms with E-state index in [2.05, 4.69) is 25.8 Å². The van der Waals surface area contributed by atoms with Gasteiger partial charge in [0, 0.05) is 19.1 Å². The van der Waals surface area contributed by atoms with Gasteiger partial charge in [-0.1, -0.05) is 0 Å². The van der Waals surface area contributed by atoms with Gasteiger partial charge in [0.25, 0.3) is 5.91 Å². The van der Waals surface area contributed by atoms with Gasteiger partial charge in [0.15, 0.2) is 5.76 Å². The van der Waals surface area contributed by atoms with E-state index in [0.29, 0.717) is 44.0 Å². The molecule has 2 saturated heterocycles. The Morgan fingerprint density at radius 1 is 1.50 bits per heavy atom. The van der Waals surface area contributed by atoms with Crippen molar-refractivity contribution >= 4 is 5.91 Å². The van der Waals surface area contributed by atoms with Gasteiger partial charge in [-0.2, -0.15) is 0 Å². The van der Waals surface area contributed by atoms with Crippen LogP contribution in [0.25, 0.3) is 0 Å². The average Bonchev–Trinajstić information content (AvgIpc) is 3.15. The number of hydrogen-bond donors (Lipinski definition) is 0. The lowest BCUT2D eigenvalue weighted by Crippen LogP contribution is -2.46. The van der Waals surface area contributed by atoms with Crippen LogP contribution < -0.4 is 0 Å². The maximum Gasteiger partial charge on any atom is 0.289 e. The number of carbonyl (C=O) groups is 1.